The molecule has 1 aliphatic carbocycles. The highest BCUT2D eigenvalue weighted by Gasteiger charge is 2.49. The van der Waals surface area contributed by atoms with Crippen LogP contribution in [0.4, 0.5) is 4.39 Å². The van der Waals surface area contributed by atoms with E-state index in [9.17, 15) is 9.50 Å². The fraction of sp³-hybridized carbons (Fsp3) is 0.478. The number of fused-ring (bicyclic) bond motifs is 2. The monoisotopic (exact) mass is 383 g/mol. The minimum atomic E-state index is -0.599. The van der Waals surface area contributed by atoms with Crippen LogP contribution in [0.2, 0.25) is 0 Å². The number of benzene rings is 2. The van der Waals surface area contributed by atoms with Crippen LogP contribution in [0.15, 0.2) is 42.5 Å². The first kappa shape index (κ1) is 18.0. The zero-order valence-corrected chi connectivity index (χ0v) is 15.9. The molecule has 1 N–H and O–H groups in total. The number of nitrogens with zero attached hydrogens (tertiary/aromatic N) is 1. The van der Waals surface area contributed by atoms with Crippen molar-refractivity contribution in [1.82, 2.24) is 4.90 Å². The second kappa shape index (κ2) is 7.05. The van der Waals surface area contributed by atoms with Gasteiger partial charge in [0.2, 0.25) is 6.79 Å². The average molecular weight is 383 g/mol. The first-order valence-corrected chi connectivity index (χ1v) is 10.2. The van der Waals surface area contributed by atoms with Gasteiger partial charge in [-0.3, -0.25) is 4.90 Å². The molecule has 5 rings (SSSR count). The van der Waals surface area contributed by atoms with Gasteiger partial charge in [-0.25, -0.2) is 4.39 Å². The fourth-order valence-corrected chi connectivity index (χ4v) is 5.28. The van der Waals surface area contributed by atoms with Crippen molar-refractivity contribution in [3.8, 4) is 11.5 Å². The van der Waals surface area contributed by atoms with Crippen LogP contribution in [0.1, 0.15) is 49.3 Å². The SMILES string of the molecule is O[C@@]12CCCC[C@H]1[C@H](c1ccc3c(c1)OCO3)N(Cc1ccc(F)cc1)CC2. The van der Waals surface area contributed by atoms with Crippen molar-refractivity contribution in [2.24, 2.45) is 5.92 Å². The number of hydrogen-bond donors (Lipinski definition) is 1. The second-order valence-corrected chi connectivity index (χ2v) is 8.36. The summed E-state index contributed by atoms with van der Waals surface area (Å²) in [6.07, 6.45) is 4.94. The summed E-state index contributed by atoms with van der Waals surface area (Å²) in [6, 6.07) is 13.0. The number of likely N-dealkylation sites (tertiary alicyclic amines) is 1. The molecule has 2 fully saturated rings. The molecule has 0 unspecified atom stereocenters. The summed E-state index contributed by atoms with van der Waals surface area (Å²) in [7, 11) is 0. The summed E-state index contributed by atoms with van der Waals surface area (Å²) in [6.45, 7) is 1.82. The third-order valence-corrected chi connectivity index (χ3v) is 6.71. The smallest absolute Gasteiger partial charge is 0.231 e. The van der Waals surface area contributed by atoms with Crippen molar-refractivity contribution in [3.63, 3.8) is 0 Å². The van der Waals surface area contributed by atoms with E-state index >= 15 is 0 Å². The van der Waals surface area contributed by atoms with E-state index in [1.807, 2.05) is 18.2 Å². The Balaban J connectivity index is 1.50. The molecule has 0 radical (unpaired) electrons. The lowest BCUT2D eigenvalue weighted by Crippen LogP contribution is -2.54. The van der Waals surface area contributed by atoms with Gasteiger partial charge in [0.25, 0.3) is 0 Å². The fourth-order valence-electron chi connectivity index (χ4n) is 5.28. The van der Waals surface area contributed by atoms with Gasteiger partial charge < -0.3 is 14.6 Å². The quantitative estimate of drug-likeness (QED) is 0.852. The molecule has 2 aromatic rings. The maximum Gasteiger partial charge on any atom is 0.231 e. The molecule has 148 valence electrons. The lowest BCUT2D eigenvalue weighted by atomic mass is 9.66. The van der Waals surface area contributed by atoms with Crippen molar-refractivity contribution in [3.05, 3.63) is 59.4 Å². The normalized spacial score (nSPS) is 29.5. The molecule has 3 atom stereocenters. The third-order valence-electron chi connectivity index (χ3n) is 6.71. The molecule has 5 heteroatoms. The van der Waals surface area contributed by atoms with Crippen molar-refractivity contribution in [2.75, 3.05) is 13.3 Å². The second-order valence-electron chi connectivity index (χ2n) is 8.36. The lowest BCUT2D eigenvalue weighted by molar-refractivity contribution is -0.126. The molecule has 2 aliphatic heterocycles. The zero-order valence-electron chi connectivity index (χ0n) is 15.9. The van der Waals surface area contributed by atoms with Gasteiger partial charge in [0, 0.05) is 25.0 Å². The summed E-state index contributed by atoms with van der Waals surface area (Å²) in [5, 5.41) is 11.4. The van der Waals surface area contributed by atoms with Gasteiger partial charge in [-0.2, -0.15) is 0 Å². The highest BCUT2D eigenvalue weighted by atomic mass is 19.1. The summed E-state index contributed by atoms with van der Waals surface area (Å²) in [5.41, 5.74) is 1.66. The Morgan fingerprint density at radius 3 is 2.71 bits per heavy atom. The minimum absolute atomic E-state index is 0.110. The van der Waals surface area contributed by atoms with Crippen LogP contribution in [0.5, 0.6) is 11.5 Å². The van der Waals surface area contributed by atoms with Gasteiger partial charge in [-0.15, -0.1) is 0 Å². The molecule has 2 heterocycles. The van der Waals surface area contributed by atoms with Crippen LogP contribution in [0, 0.1) is 11.7 Å². The van der Waals surface area contributed by atoms with Gasteiger partial charge in [0.1, 0.15) is 5.82 Å². The van der Waals surface area contributed by atoms with E-state index in [1.165, 1.54) is 12.1 Å². The van der Waals surface area contributed by atoms with Gasteiger partial charge in [0.15, 0.2) is 11.5 Å². The average Bonchev–Trinajstić information content (AvgIpc) is 3.17. The van der Waals surface area contributed by atoms with Gasteiger partial charge in [-0.1, -0.05) is 31.0 Å². The van der Waals surface area contributed by atoms with E-state index in [1.54, 1.807) is 0 Å². The summed E-state index contributed by atoms with van der Waals surface area (Å²) in [5.74, 6) is 1.54. The molecular weight excluding hydrogens is 357 g/mol. The number of hydrogen-bond acceptors (Lipinski definition) is 4. The van der Waals surface area contributed by atoms with E-state index in [2.05, 4.69) is 17.0 Å². The molecule has 0 bridgehead atoms. The van der Waals surface area contributed by atoms with E-state index in [0.717, 1.165) is 67.8 Å². The molecule has 3 aliphatic rings. The highest BCUT2D eigenvalue weighted by Crippen LogP contribution is 2.50. The Bertz CT molecular complexity index is 855. The summed E-state index contributed by atoms with van der Waals surface area (Å²) < 4.78 is 24.4. The topological polar surface area (TPSA) is 41.9 Å². The van der Waals surface area contributed by atoms with Crippen LogP contribution in [0.25, 0.3) is 0 Å². The molecule has 0 aromatic heterocycles. The molecular formula is C23H26FNO3. The number of rotatable bonds is 3. The molecule has 4 nitrogen and oxygen atoms in total. The van der Waals surface area contributed by atoms with E-state index in [0.29, 0.717) is 0 Å². The Labute approximate surface area is 164 Å². The molecule has 28 heavy (non-hydrogen) atoms. The van der Waals surface area contributed by atoms with Crippen LogP contribution in [-0.2, 0) is 6.54 Å². The number of halogens is 1. The first-order chi connectivity index (χ1) is 13.6. The van der Waals surface area contributed by atoms with Gasteiger partial charge in [-0.05, 0) is 54.7 Å². The van der Waals surface area contributed by atoms with Crippen LogP contribution < -0.4 is 9.47 Å². The van der Waals surface area contributed by atoms with Crippen LogP contribution in [-0.4, -0.2) is 28.9 Å². The Morgan fingerprint density at radius 2 is 1.86 bits per heavy atom. The minimum Gasteiger partial charge on any atom is -0.454 e. The predicted octanol–water partition coefficient (Wildman–Crippen LogP) is 4.42. The maximum absolute atomic E-state index is 13.3. The molecule has 1 saturated heterocycles. The summed E-state index contributed by atoms with van der Waals surface area (Å²) >= 11 is 0. The Hall–Kier alpha value is -2.11. The van der Waals surface area contributed by atoms with E-state index in [4.69, 9.17) is 9.47 Å². The Morgan fingerprint density at radius 1 is 1.04 bits per heavy atom. The van der Waals surface area contributed by atoms with Gasteiger partial charge in [0.05, 0.1) is 5.60 Å². The maximum atomic E-state index is 13.3. The largest absolute Gasteiger partial charge is 0.454 e. The molecule has 1 saturated carbocycles. The van der Waals surface area contributed by atoms with E-state index in [-0.39, 0.29) is 24.6 Å². The molecule has 0 amide bonds. The predicted molar refractivity (Wildman–Crippen MR) is 104 cm³/mol. The number of ether oxygens (including phenoxy) is 2. The Kier molecular flexibility index (Phi) is 4.52. The number of aliphatic hydroxyl groups is 1. The van der Waals surface area contributed by atoms with Crippen LogP contribution >= 0.6 is 0 Å². The standard InChI is InChI=1S/C23H26FNO3/c24-18-7-4-16(5-8-18)14-25-12-11-23(26)10-2-1-3-19(23)22(25)17-6-9-20-21(13-17)28-15-27-20/h4-9,13,19,22,26H,1-3,10-12,14-15H2/t19-,22-,23+/m0/s1. The van der Waals surface area contributed by atoms with Crippen molar-refractivity contribution < 1.29 is 19.0 Å². The molecule has 2 aromatic carbocycles. The lowest BCUT2D eigenvalue weighted by Gasteiger charge is -2.52. The van der Waals surface area contributed by atoms with Crippen molar-refractivity contribution in [1.29, 1.82) is 0 Å². The molecule has 0 spiro atoms. The van der Waals surface area contributed by atoms with Crippen LogP contribution in [0.3, 0.4) is 0 Å². The van der Waals surface area contributed by atoms with Crippen molar-refractivity contribution >= 4 is 0 Å². The summed E-state index contributed by atoms with van der Waals surface area (Å²) in [4.78, 5) is 2.44. The first-order valence-electron chi connectivity index (χ1n) is 10.2. The third kappa shape index (κ3) is 3.16. The highest BCUT2D eigenvalue weighted by molar-refractivity contribution is 5.45. The zero-order chi connectivity index (χ0) is 19.1. The van der Waals surface area contributed by atoms with Gasteiger partial charge >= 0.3 is 0 Å². The number of piperidine rings is 1. The van der Waals surface area contributed by atoms with E-state index < -0.39 is 5.60 Å². The van der Waals surface area contributed by atoms with Crippen molar-refractivity contribution in [2.45, 2.75) is 50.3 Å².